The molecule has 0 aliphatic carbocycles. The van der Waals surface area contributed by atoms with Gasteiger partial charge in [-0.2, -0.15) is 14.9 Å². The molecule has 1 amide bonds. The number of furan rings is 1. The Morgan fingerprint density at radius 2 is 1.92 bits per heavy atom. The van der Waals surface area contributed by atoms with Gasteiger partial charge in [-0.05, 0) is 60.5 Å². The van der Waals surface area contributed by atoms with Gasteiger partial charge in [-0.3, -0.25) is 9.59 Å². The van der Waals surface area contributed by atoms with Gasteiger partial charge in [0.15, 0.2) is 6.61 Å². The number of amides is 1. The van der Waals surface area contributed by atoms with E-state index in [1.54, 1.807) is 48.7 Å². The van der Waals surface area contributed by atoms with Crippen molar-refractivity contribution in [3.05, 3.63) is 94.4 Å². The number of benzene rings is 2. The molecule has 2 aromatic carbocycles. The van der Waals surface area contributed by atoms with Gasteiger partial charge in [-0.25, -0.2) is 10.4 Å². The molecule has 0 unspecified atom stereocenters. The summed E-state index contributed by atoms with van der Waals surface area (Å²) in [6, 6.07) is 17.8. The lowest BCUT2D eigenvalue weighted by Gasteiger charge is -2.09. The molecular weight excluding hydrogens is 458 g/mol. The summed E-state index contributed by atoms with van der Waals surface area (Å²) in [5.41, 5.74) is 3.63. The maximum atomic E-state index is 13.1. The fourth-order valence-electron chi connectivity index (χ4n) is 3.47. The maximum absolute atomic E-state index is 13.1. The van der Waals surface area contributed by atoms with E-state index in [4.69, 9.17) is 9.15 Å². The average molecular weight is 486 g/mol. The zero-order chi connectivity index (χ0) is 25.2. The van der Waals surface area contributed by atoms with Crippen molar-refractivity contribution in [2.45, 2.75) is 32.6 Å². The number of nitrogens with one attached hydrogen (secondary N) is 1. The lowest BCUT2D eigenvalue weighted by molar-refractivity contribution is -0.123. The lowest BCUT2D eigenvalue weighted by atomic mass is 10.2. The summed E-state index contributed by atoms with van der Waals surface area (Å²) in [7, 11) is 0. The number of hydrazone groups is 1. The molecule has 2 heterocycles. The van der Waals surface area contributed by atoms with E-state index in [1.807, 2.05) is 18.2 Å². The van der Waals surface area contributed by atoms with Crippen molar-refractivity contribution in [1.82, 2.24) is 15.1 Å². The summed E-state index contributed by atoms with van der Waals surface area (Å²) >= 11 is 0. The van der Waals surface area contributed by atoms with Crippen LogP contribution in [0.5, 0.6) is 5.75 Å². The molecule has 184 valence electrons. The van der Waals surface area contributed by atoms with Crippen molar-refractivity contribution in [1.29, 1.82) is 0 Å². The third kappa shape index (κ3) is 6.53. The minimum absolute atomic E-state index is 0.191. The van der Waals surface area contributed by atoms with Crippen molar-refractivity contribution >= 4 is 29.2 Å². The molecule has 0 saturated carbocycles. The molecule has 0 aliphatic heterocycles. The molecule has 0 aliphatic rings. The third-order valence-corrected chi connectivity index (χ3v) is 5.32. The van der Waals surface area contributed by atoms with Gasteiger partial charge < -0.3 is 9.15 Å². The van der Waals surface area contributed by atoms with E-state index in [0.717, 1.165) is 24.8 Å². The molecule has 2 aromatic heterocycles. The molecule has 9 heteroatoms. The average Bonchev–Trinajstić information content (AvgIpc) is 3.42. The molecule has 36 heavy (non-hydrogen) atoms. The number of aromatic nitrogens is 2. The second kappa shape index (κ2) is 12.3. The van der Waals surface area contributed by atoms with Gasteiger partial charge in [-0.15, -0.1) is 0 Å². The summed E-state index contributed by atoms with van der Waals surface area (Å²) in [5, 5.41) is 8.78. The number of carbonyl (C=O) groups excluding carboxylic acids is 1. The van der Waals surface area contributed by atoms with Crippen LogP contribution in [0.2, 0.25) is 0 Å². The van der Waals surface area contributed by atoms with E-state index in [0.29, 0.717) is 34.7 Å². The predicted octanol–water partition coefficient (Wildman–Crippen LogP) is 4.13. The van der Waals surface area contributed by atoms with E-state index in [9.17, 15) is 9.59 Å². The molecule has 4 aromatic rings. The molecule has 0 atom stereocenters. The van der Waals surface area contributed by atoms with Crippen LogP contribution in [-0.2, 0) is 11.2 Å². The third-order valence-electron chi connectivity index (χ3n) is 5.32. The van der Waals surface area contributed by atoms with Crippen LogP contribution >= 0.6 is 0 Å². The molecule has 0 bridgehead atoms. The van der Waals surface area contributed by atoms with Crippen molar-refractivity contribution in [3.8, 4) is 5.75 Å². The number of aryl methyl sites for hydroxylation is 1. The Bertz CT molecular complexity index is 1410. The Morgan fingerprint density at radius 3 is 2.69 bits per heavy atom. The number of para-hydroxylation sites is 1. The number of fused-ring (bicyclic) bond motifs is 1. The number of unbranched alkanes of at least 4 members (excludes halogenated alkanes) is 2. The van der Waals surface area contributed by atoms with Crippen LogP contribution in [-0.4, -0.2) is 34.6 Å². The molecule has 0 spiro atoms. The van der Waals surface area contributed by atoms with E-state index in [2.05, 4.69) is 27.5 Å². The maximum Gasteiger partial charge on any atom is 0.282 e. The standard InChI is InChI=1S/C27H27N5O4/c1-2-3-4-11-25-30-24-10-6-5-9-23(24)27(34)32(25)29-17-20-12-14-21(15-13-20)36-19-26(33)31-28-18-22-8-7-16-35-22/h5-10,12-18H,2-4,11,19H2,1H3,(H,31,33). The van der Waals surface area contributed by atoms with E-state index < -0.39 is 5.91 Å². The quantitative estimate of drug-likeness (QED) is 0.195. The molecule has 0 fully saturated rings. The zero-order valence-corrected chi connectivity index (χ0v) is 20.0. The molecule has 0 saturated heterocycles. The van der Waals surface area contributed by atoms with Crippen LogP contribution in [0, 0.1) is 0 Å². The Morgan fingerprint density at radius 1 is 1.08 bits per heavy atom. The minimum Gasteiger partial charge on any atom is -0.484 e. The highest BCUT2D eigenvalue weighted by molar-refractivity contribution is 5.82. The zero-order valence-electron chi connectivity index (χ0n) is 20.0. The van der Waals surface area contributed by atoms with Gasteiger partial charge >= 0.3 is 0 Å². The summed E-state index contributed by atoms with van der Waals surface area (Å²) in [6.45, 7) is 1.94. The Hall–Kier alpha value is -4.53. The summed E-state index contributed by atoms with van der Waals surface area (Å²) in [5.74, 6) is 1.29. The number of ether oxygens (including phenoxy) is 1. The number of hydrogen-bond donors (Lipinski definition) is 1. The molecule has 4 rings (SSSR count). The van der Waals surface area contributed by atoms with Crippen molar-refractivity contribution in [3.63, 3.8) is 0 Å². The topological polar surface area (TPSA) is 111 Å². The molecular formula is C27H27N5O4. The second-order valence-electron chi connectivity index (χ2n) is 8.03. The van der Waals surface area contributed by atoms with Gasteiger partial charge in [0.05, 0.1) is 29.6 Å². The highest BCUT2D eigenvalue weighted by Gasteiger charge is 2.10. The number of hydrogen-bond acceptors (Lipinski definition) is 7. The smallest absolute Gasteiger partial charge is 0.282 e. The normalized spacial score (nSPS) is 11.5. The van der Waals surface area contributed by atoms with Gasteiger partial charge in [0.25, 0.3) is 11.5 Å². The highest BCUT2D eigenvalue weighted by atomic mass is 16.5. The minimum atomic E-state index is -0.401. The van der Waals surface area contributed by atoms with E-state index >= 15 is 0 Å². The summed E-state index contributed by atoms with van der Waals surface area (Å²) in [4.78, 5) is 29.7. The van der Waals surface area contributed by atoms with E-state index in [-0.39, 0.29) is 12.2 Å². The monoisotopic (exact) mass is 485 g/mol. The van der Waals surface area contributed by atoms with Crippen molar-refractivity contribution < 1.29 is 13.9 Å². The second-order valence-corrected chi connectivity index (χ2v) is 8.03. The molecule has 1 N–H and O–H groups in total. The van der Waals surface area contributed by atoms with Crippen LogP contribution in [0.15, 0.2) is 86.3 Å². The molecule has 0 radical (unpaired) electrons. The summed E-state index contributed by atoms with van der Waals surface area (Å²) < 4.78 is 12.0. The fraction of sp³-hybridized carbons (Fsp3) is 0.222. The van der Waals surface area contributed by atoms with Gasteiger partial charge in [-0.1, -0.05) is 31.9 Å². The fourth-order valence-corrected chi connectivity index (χ4v) is 3.47. The van der Waals surface area contributed by atoms with E-state index in [1.165, 1.54) is 17.2 Å². The van der Waals surface area contributed by atoms with Gasteiger partial charge in [0, 0.05) is 6.42 Å². The SMILES string of the molecule is CCCCCc1nc2ccccc2c(=O)n1N=Cc1ccc(OCC(=O)NN=Cc2ccco2)cc1. The first-order valence-corrected chi connectivity index (χ1v) is 11.8. The number of rotatable bonds is 11. The van der Waals surface area contributed by atoms with Crippen LogP contribution in [0.25, 0.3) is 10.9 Å². The first kappa shape index (κ1) is 24.6. The van der Waals surface area contributed by atoms with Gasteiger partial charge in [0.2, 0.25) is 0 Å². The number of carbonyl (C=O) groups is 1. The van der Waals surface area contributed by atoms with Crippen LogP contribution in [0.4, 0.5) is 0 Å². The lowest BCUT2D eigenvalue weighted by Crippen LogP contribution is -2.24. The van der Waals surface area contributed by atoms with Gasteiger partial charge in [0.1, 0.15) is 17.3 Å². The highest BCUT2D eigenvalue weighted by Crippen LogP contribution is 2.13. The Kier molecular flexibility index (Phi) is 8.37. The Balaban J connectivity index is 1.40. The largest absolute Gasteiger partial charge is 0.484 e. The summed E-state index contributed by atoms with van der Waals surface area (Å²) in [6.07, 6.45) is 8.27. The predicted molar refractivity (Wildman–Crippen MR) is 139 cm³/mol. The van der Waals surface area contributed by atoms with Crippen LogP contribution in [0.3, 0.4) is 0 Å². The van der Waals surface area contributed by atoms with Crippen molar-refractivity contribution in [2.24, 2.45) is 10.2 Å². The first-order valence-electron chi connectivity index (χ1n) is 11.8. The Labute approximate surface area is 208 Å². The first-order chi connectivity index (χ1) is 17.6. The van der Waals surface area contributed by atoms with Crippen LogP contribution < -0.4 is 15.7 Å². The molecule has 9 nitrogen and oxygen atoms in total. The van der Waals surface area contributed by atoms with Crippen LogP contribution in [0.1, 0.15) is 43.3 Å². The van der Waals surface area contributed by atoms with Crippen molar-refractivity contribution in [2.75, 3.05) is 6.61 Å². The number of nitrogens with zero attached hydrogens (tertiary/aromatic N) is 4.